The molecule has 0 aromatic carbocycles. The van der Waals surface area contributed by atoms with E-state index in [9.17, 15) is 0 Å². The monoisotopic (exact) mass is 296 g/mol. The third kappa shape index (κ3) is 4.72. The van der Waals surface area contributed by atoms with Gasteiger partial charge in [0.1, 0.15) is 0 Å². The Bertz CT molecular complexity index is 394. The van der Waals surface area contributed by atoms with E-state index < -0.39 is 0 Å². The van der Waals surface area contributed by atoms with Gasteiger partial charge in [-0.05, 0) is 36.4 Å². The Kier molecular flexibility index (Phi) is 6.77. The van der Waals surface area contributed by atoms with E-state index in [1.807, 2.05) is 6.20 Å². The van der Waals surface area contributed by atoms with Crippen LogP contribution in [0.5, 0.6) is 0 Å². The fourth-order valence-corrected chi connectivity index (χ4v) is 3.34. The zero-order valence-corrected chi connectivity index (χ0v) is 13.0. The average molecular weight is 297 g/mol. The topological polar surface area (TPSA) is 34.1 Å². The molecule has 0 aliphatic heterocycles. The Morgan fingerprint density at radius 3 is 2.95 bits per heavy atom. The number of methoxy groups -OCH3 is 1. The zero-order chi connectivity index (χ0) is 14.2. The van der Waals surface area contributed by atoms with Crippen molar-refractivity contribution in [1.29, 1.82) is 0 Å². The van der Waals surface area contributed by atoms with E-state index in [4.69, 9.17) is 16.3 Å². The lowest BCUT2D eigenvalue weighted by atomic mass is 9.85. The number of hydrogen-bond acceptors (Lipinski definition) is 3. The van der Waals surface area contributed by atoms with Gasteiger partial charge in [0.15, 0.2) is 0 Å². The van der Waals surface area contributed by atoms with Crippen LogP contribution >= 0.6 is 11.6 Å². The third-order valence-corrected chi connectivity index (χ3v) is 4.63. The number of ether oxygens (including phenoxy) is 1. The van der Waals surface area contributed by atoms with E-state index in [1.165, 1.54) is 31.2 Å². The number of nitrogens with zero attached hydrogens (tertiary/aromatic N) is 1. The molecule has 1 aromatic heterocycles. The van der Waals surface area contributed by atoms with Crippen LogP contribution in [0.15, 0.2) is 18.5 Å². The molecule has 0 bridgehead atoms. The molecule has 2 rings (SSSR count). The first kappa shape index (κ1) is 15.7. The highest BCUT2D eigenvalue weighted by Crippen LogP contribution is 2.33. The molecule has 1 fully saturated rings. The summed E-state index contributed by atoms with van der Waals surface area (Å²) in [5.41, 5.74) is 1.23. The largest absolute Gasteiger partial charge is 0.383 e. The number of pyridine rings is 1. The molecule has 1 heterocycles. The van der Waals surface area contributed by atoms with Gasteiger partial charge in [-0.3, -0.25) is 4.98 Å². The van der Waals surface area contributed by atoms with E-state index in [-0.39, 0.29) is 0 Å². The summed E-state index contributed by atoms with van der Waals surface area (Å²) in [7, 11) is 1.74. The number of halogens is 1. The van der Waals surface area contributed by atoms with Crippen LogP contribution in [-0.4, -0.2) is 31.8 Å². The molecule has 3 nitrogen and oxygen atoms in total. The molecular formula is C16H25ClN2O. The minimum Gasteiger partial charge on any atom is -0.383 e. The fraction of sp³-hybridized carbons (Fsp3) is 0.688. The first-order valence-electron chi connectivity index (χ1n) is 7.59. The summed E-state index contributed by atoms with van der Waals surface area (Å²) in [6.45, 7) is 2.74. The van der Waals surface area contributed by atoms with Crippen LogP contribution in [-0.2, 0) is 11.2 Å². The van der Waals surface area contributed by atoms with Crippen LogP contribution in [0.4, 0.5) is 0 Å². The van der Waals surface area contributed by atoms with Crippen molar-refractivity contribution in [3.63, 3.8) is 0 Å². The second kappa shape index (κ2) is 8.60. The molecular weight excluding hydrogens is 272 g/mol. The molecule has 1 saturated carbocycles. The third-order valence-electron chi connectivity index (χ3n) is 4.29. The van der Waals surface area contributed by atoms with Crippen molar-refractivity contribution < 1.29 is 4.74 Å². The Hall–Kier alpha value is -0.640. The average Bonchev–Trinajstić information content (AvgIpc) is 2.98. The Balaban J connectivity index is 1.93. The van der Waals surface area contributed by atoms with Crippen molar-refractivity contribution >= 4 is 11.6 Å². The highest BCUT2D eigenvalue weighted by molar-refractivity contribution is 6.31. The lowest BCUT2D eigenvalue weighted by Gasteiger charge is -2.24. The maximum absolute atomic E-state index is 6.26. The van der Waals surface area contributed by atoms with Crippen molar-refractivity contribution in [3.8, 4) is 0 Å². The van der Waals surface area contributed by atoms with Crippen LogP contribution in [0, 0.1) is 11.8 Å². The van der Waals surface area contributed by atoms with E-state index >= 15 is 0 Å². The van der Waals surface area contributed by atoms with E-state index in [0.717, 1.165) is 37.1 Å². The van der Waals surface area contributed by atoms with Crippen molar-refractivity contribution in [2.75, 3.05) is 26.8 Å². The Morgan fingerprint density at radius 1 is 1.45 bits per heavy atom. The maximum atomic E-state index is 6.26. The summed E-state index contributed by atoms with van der Waals surface area (Å²) < 4.78 is 5.09. The molecule has 1 atom stereocenters. The standard InChI is InChI=1S/C16H25ClN2O/c1-20-9-8-19-11-15(13-4-2-3-5-13)10-14-6-7-18-12-16(14)17/h6-7,12-13,15,19H,2-5,8-11H2,1H3. The van der Waals surface area contributed by atoms with Gasteiger partial charge in [0.05, 0.1) is 11.6 Å². The summed E-state index contributed by atoms with van der Waals surface area (Å²) in [4.78, 5) is 4.07. The smallest absolute Gasteiger partial charge is 0.0621 e. The summed E-state index contributed by atoms with van der Waals surface area (Å²) >= 11 is 6.26. The van der Waals surface area contributed by atoms with E-state index in [1.54, 1.807) is 13.3 Å². The molecule has 1 aromatic rings. The summed E-state index contributed by atoms with van der Waals surface area (Å²) in [6, 6.07) is 2.05. The van der Waals surface area contributed by atoms with Gasteiger partial charge in [-0.15, -0.1) is 0 Å². The van der Waals surface area contributed by atoms with Crippen molar-refractivity contribution in [2.24, 2.45) is 11.8 Å². The maximum Gasteiger partial charge on any atom is 0.0621 e. The first-order chi connectivity index (χ1) is 9.81. The van der Waals surface area contributed by atoms with Crippen LogP contribution in [0.2, 0.25) is 5.02 Å². The lowest BCUT2D eigenvalue weighted by molar-refractivity contribution is 0.195. The fourth-order valence-electron chi connectivity index (χ4n) is 3.15. The predicted octanol–water partition coefficient (Wildman–Crippen LogP) is 3.32. The predicted molar refractivity (Wildman–Crippen MR) is 83.1 cm³/mol. The Labute approximate surface area is 127 Å². The summed E-state index contributed by atoms with van der Waals surface area (Å²) in [5, 5.41) is 4.32. The van der Waals surface area contributed by atoms with Gasteiger partial charge in [-0.25, -0.2) is 0 Å². The highest BCUT2D eigenvalue weighted by atomic mass is 35.5. The minimum absolute atomic E-state index is 0.661. The second-order valence-corrected chi connectivity index (χ2v) is 6.08. The molecule has 1 aliphatic rings. The first-order valence-corrected chi connectivity index (χ1v) is 7.97. The molecule has 0 spiro atoms. The van der Waals surface area contributed by atoms with Crippen molar-refractivity contribution in [1.82, 2.24) is 10.3 Å². The van der Waals surface area contributed by atoms with Gasteiger partial charge in [0, 0.05) is 26.0 Å². The van der Waals surface area contributed by atoms with Gasteiger partial charge in [-0.1, -0.05) is 37.3 Å². The SMILES string of the molecule is COCCNCC(Cc1ccncc1Cl)C1CCCC1. The molecule has 0 radical (unpaired) electrons. The Morgan fingerprint density at radius 2 is 2.25 bits per heavy atom. The minimum atomic E-state index is 0.661. The molecule has 1 aliphatic carbocycles. The quantitative estimate of drug-likeness (QED) is 0.747. The summed E-state index contributed by atoms with van der Waals surface area (Å²) in [6.07, 6.45) is 10.1. The lowest BCUT2D eigenvalue weighted by Crippen LogP contribution is -2.31. The normalized spacial score (nSPS) is 17.5. The van der Waals surface area contributed by atoms with Crippen molar-refractivity contribution in [2.45, 2.75) is 32.1 Å². The molecule has 4 heteroatoms. The van der Waals surface area contributed by atoms with Crippen molar-refractivity contribution in [3.05, 3.63) is 29.0 Å². The molecule has 1 N–H and O–H groups in total. The van der Waals surface area contributed by atoms with Crippen LogP contribution in [0.3, 0.4) is 0 Å². The van der Waals surface area contributed by atoms with Gasteiger partial charge >= 0.3 is 0 Å². The van der Waals surface area contributed by atoms with Gasteiger partial charge in [0.2, 0.25) is 0 Å². The summed E-state index contributed by atoms with van der Waals surface area (Å²) in [5.74, 6) is 1.49. The molecule has 112 valence electrons. The van der Waals surface area contributed by atoms with Crippen LogP contribution in [0.25, 0.3) is 0 Å². The van der Waals surface area contributed by atoms with Crippen LogP contribution < -0.4 is 5.32 Å². The van der Waals surface area contributed by atoms with Crippen LogP contribution in [0.1, 0.15) is 31.2 Å². The molecule has 0 amide bonds. The molecule has 1 unspecified atom stereocenters. The molecule has 20 heavy (non-hydrogen) atoms. The van der Waals surface area contributed by atoms with Gasteiger partial charge in [-0.2, -0.15) is 0 Å². The van der Waals surface area contributed by atoms with Gasteiger partial charge < -0.3 is 10.1 Å². The van der Waals surface area contributed by atoms with E-state index in [2.05, 4.69) is 16.4 Å². The van der Waals surface area contributed by atoms with E-state index in [0.29, 0.717) is 5.92 Å². The zero-order valence-electron chi connectivity index (χ0n) is 12.3. The number of rotatable bonds is 8. The second-order valence-electron chi connectivity index (χ2n) is 5.67. The number of nitrogens with one attached hydrogen (secondary N) is 1. The highest BCUT2D eigenvalue weighted by Gasteiger charge is 2.25. The van der Waals surface area contributed by atoms with Gasteiger partial charge in [0.25, 0.3) is 0 Å². The molecule has 0 saturated heterocycles. The number of hydrogen-bond donors (Lipinski definition) is 1. The number of aromatic nitrogens is 1.